The first-order valence-electron chi connectivity index (χ1n) is 10.5. The molecule has 0 unspecified atom stereocenters. The van der Waals surface area contributed by atoms with Crippen molar-refractivity contribution < 1.29 is 9.59 Å². The van der Waals surface area contributed by atoms with Gasteiger partial charge in [-0.25, -0.2) is 0 Å². The first-order chi connectivity index (χ1) is 14.0. The number of nitrogens with zero attached hydrogens (tertiary/aromatic N) is 7. The van der Waals surface area contributed by atoms with Crippen LogP contribution in [0.2, 0.25) is 0 Å². The van der Waals surface area contributed by atoms with E-state index in [4.69, 9.17) is 0 Å². The molecule has 2 atom stereocenters. The molecule has 9 nitrogen and oxygen atoms in total. The average Bonchev–Trinajstić information content (AvgIpc) is 3.43. The molecule has 2 fully saturated rings. The van der Waals surface area contributed by atoms with Crippen molar-refractivity contribution in [1.82, 2.24) is 34.6 Å². The van der Waals surface area contributed by atoms with Crippen LogP contribution in [0.4, 0.5) is 0 Å². The zero-order chi connectivity index (χ0) is 20.5. The van der Waals surface area contributed by atoms with Gasteiger partial charge < -0.3 is 9.80 Å². The van der Waals surface area contributed by atoms with Crippen LogP contribution in [-0.2, 0) is 24.3 Å². The molecular formula is C20H29N7O2. The highest BCUT2D eigenvalue weighted by molar-refractivity contribution is 5.94. The molecule has 2 amide bonds. The summed E-state index contributed by atoms with van der Waals surface area (Å²) in [7, 11) is 0. The molecule has 0 bridgehead atoms. The van der Waals surface area contributed by atoms with E-state index in [0.717, 1.165) is 18.5 Å². The summed E-state index contributed by atoms with van der Waals surface area (Å²) in [6, 6.07) is 1.96. The summed E-state index contributed by atoms with van der Waals surface area (Å²) in [4.78, 5) is 29.8. The maximum absolute atomic E-state index is 13.3. The first-order valence-corrected chi connectivity index (χ1v) is 10.5. The number of aryl methyl sites for hydroxylation is 1. The van der Waals surface area contributed by atoms with Gasteiger partial charge in [-0.15, -0.1) is 5.10 Å². The minimum absolute atomic E-state index is 0.00668. The van der Waals surface area contributed by atoms with Crippen LogP contribution >= 0.6 is 0 Å². The maximum Gasteiger partial charge on any atom is 0.272 e. The largest absolute Gasteiger partial charge is 0.336 e. The van der Waals surface area contributed by atoms with Gasteiger partial charge in [0.25, 0.3) is 5.91 Å². The molecule has 0 radical (unpaired) electrons. The summed E-state index contributed by atoms with van der Waals surface area (Å²) >= 11 is 0. The number of likely N-dealkylation sites (tertiary alicyclic amines) is 2. The fraction of sp³-hybridized carbons (Fsp3) is 0.650. The van der Waals surface area contributed by atoms with Crippen LogP contribution in [0.25, 0.3) is 0 Å². The van der Waals surface area contributed by atoms with Gasteiger partial charge in [-0.2, -0.15) is 5.10 Å². The highest BCUT2D eigenvalue weighted by Crippen LogP contribution is 2.33. The van der Waals surface area contributed by atoms with E-state index in [2.05, 4.69) is 29.3 Å². The van der Waals surface area contributed by atoms with Gasteiger partial charge in [-0.05, 0) is 31.7 Å². The van der Waals surface area contributed by atoms with Crippen LogP contribution in [0.15, 0.2) is 18.5 Å². The molecule has 4 rings (SSSR count). The first kappa shape index (κ1) is 19.6. The Bertz CT molecular complexity index is 874. The number of carbonyl (C=O) groups is 2. The Hall–Kier alpha value is -2.71. The second-order valence-electron chi connectivity index (χ2n) is 8.31. The second-order valence-corrected chi connectivity index (χ2v) is 8.31. The number of carbonyl (C=O) groups excluding carboxylic acids is 2. The van der Waals surface area contributed by atoms with Gasteiger partial charge in [0.05, 0.1) is 30.5 Å². The molecule has 0 saturated carbocycles. The van der Waals surface area contributed by atoms with Crippen molar-refractivity contribution >= 4 is 11.8 Å². The molecule has 2 aromatic heterocycles. The smallest absolute Gasteiger partial charge is 0.272 e. The third-order valence-electron chi connectivity index (χ3n) is 5.88. The fourth-order valence-electron chi connectivity index (χ4n) is 4.58. The molecule has 0 spiro atoms. The Kier molecular flexibility index (Phi) is 5.38. The predicted octanol–water partition coefficient (Wildman–Crippen LogP) is 1.21. The van der Waals surface area contributed by atoms with Crippen LogP contribution in [0.1, 0.15) is 49.8 Å². The highest BCUT2D eigenvalue weighted by Gasteiger charge is 2.48. The van der Waals surface area contributed by atoms with E-state index in [-0.39, 0.29) is 23.9 Å². The Morgan fingerprint density at radius 2 is 2.10 bits per heavy atom. The zero-order valence-electron chi connectivity index (χ0n) is 17.4. The van der Waals surface area contributed by atoms with Crippen molar-refractivity contribution in [1.29, 1.82) is 0 Å². The van der Waals surface area contributed by atoms with Gasteiger partial charge in [0.15, 0.2) is 0 Å². The fourth-order valence-corrected chi connectivity index (χ4v) is 4.58. The van der Waals surface area contributed by atoms with Gasteiger partial charge in [0, 0.05) is 32.3 Å². The second kappa shape index (κ2) is 7.96. The van der Waals surface area contributed by atoms with E-state index in [9.17, 15) is 9.59 Å². The molecule has 29 heavy (non-hydrogen) atoms. The standard InChI is InChI=1S/C20H29N7O2/c1-4-27-18(12-15(22-27)11-14(2)3)20(29)26-7-5-16-17(26)13-19(28)25(16)10-9-24-8-6-21-23-24/h6,8,12,14,16-17H,4-5,7,9-11,13H2,1-3H3/t16-,17-/m0/s1. The molecule has 0 aromatic carbocycles. The van der Waals surface area contributed by atoms with Crippen molar-refractivity contribution in [3.8, 4) is 0 Å². The number of fused-ring (bicyclic) bond motifs is 1. The minimum Gasteiger partial charge on any atom is -0.336 e. The quantitative estimate of drug-likeness (QED) is 0.698. The van der Waals surface area contributed by atoms with E-state index >= 15 is 0 Å². The van der Waals surface area contributed by atoms with E-state index in [0.29, 0.717) is 44.2 Å². The van der Waals surface area contributed by atoms with Crippen molar-refractivity contribution in [3.05, 3.63) is 29.8 Å². The monoisotopic (exact) mass is 399 g/mol. The summed E-state index contributed by atoms with van der Waals surface area (Å²) in [5.41, 5.74) is 1.59. The van der Waals surface area contributed by atoms with Gasteiger partial charge in [0.1, 0.15) is 5.69 Å². The third-order valence-corrected chi connectivity index (χ3v) is 5.88. The summed E-state index contributed by atoms with van der Waals surface area (Å²) in [6.45, 7) is 8.84. The van der Waals surface area contributed by atoms with E-state index in [1.165, 1.54) is 0 Å². The van der Waals surface area contributed by atoms with E-state index in [1.807, 2.05) is 22.8 Å². The predicted molar refractivity (Wildman–Crippen MR) is 106 cm³/mol. The normalized spacial score (nSPS) is 21.4. The molecule has 4 heterocycles. The van der Waals surface area contributed by atoms with E-state index in [1.54, 1.807) is 21.8 Å². The van der Waals surface area contributed by atoms with Gasteiger partial charge in [-0.3, -0.25) is 19.0 Å². The van der Waals surface area contributed by atoms with Crippen molar-refractivity contribution in [2.45, 2.75) is 65.2 Å². The minimum atomic E-state index is -0.0560. The summed E-state index contributed by atoms with van der Waals surface area (Å²) in [6.07, 6.45) is 5.50. The number of rotatable bonds is 7. The molecule has 2 aromatic rings. The molecule has 9 heteroatoms. The van der Waals surface area contributed by atoms with Crippen molar-refractivity contribution in [2.75, 3.05) is 13.1 Å². The molecule has 156 valence electrons. The lowest BCUT2D eigenvalue weighted by Gasteiger charge is -2.25. The molecule has 2 aliphatic rings. The lowest BCUT2D eigenvalue weighted by Crippen LogP contribution is -2.41. The summed E-state index contributed by atoms with van der Waals surface area (Å²) in [5, 5.41) is 12.4. The summed E-state index contributed by atoms with van der Waals surface area (Å²) in [5.74, 6) is 0.593. The van der Waals surface area contributed by atoms with Gasteiger partial charge in [0.2, 0.25) is 5.91 Å². The molecular weight excluding hydrogens is 370 g/mol. The SMILES string of the molecule is CCn1nc(CC(C)C)cc1C(=O)N1CC[C@H]2[C@@H]1CC(=O)N2CCn1ccnn1. The molecule has 2 saturated heterocycles. The third kappa shape index (κ3) is 3.77. The summed E-state index contributed by atoms with van der Waals surface area (Å²) < 4.78 is 3.53. The average molecular weight is 399 g/mol. The Morgan fingerprint density at radius 3 is 2.79 bits per heavy atom. The van der Waals surface area contributed by atoms with Crippen LogP contribution in [-0.4, -0.2) is 71.6 Å². The molecule has 0 N–H and O–H groups in total. The lowest BCUT2D eigenvalue weighted by atomic mass is 10.1. The zero-order valence-corrected chi connectivity index (χ0v) is 17.4. The van der Waals surface area contributed by atoms with Crippen LogP contribution in [0.3, 0.4) is 0 Å². The van der Waals surface area contributed by atoms with Crippen molar-refractivity contribution in [2.24, 2.45) is 5.92 Å². The highest BCUT2D eigenvalue weighted by atomic mass is 16.2. The lowest BCUT2D eigenvalue weighted by molar-refractivity contribution is -0.129. The number of amides is 2. The maximum atomic E-state index is 13.3. The topological polar surface area (TPSA) is 89.2 Å². The Morgan fingerprint density at radius 1 is 1.28 bits per heavy atom. The Balaban J connectivity index is 1.47. The van der Waals surface area contributed by atoms with Crippen LogP contribution in [0.5, 0.6) is 0 Å². The van der Waals surface area contributed by atoms with E-state index < -0.39 is 0 Å². The Labute approximate surface area is 170 Å². The number of hydrogen-bond donors (Lipinski definition) is 0. The van der Waals surface area contributed by atoms with Crippen molar-refractivity contribution in [3.63, 3.8) is 0 Å². The van der Waals surface area contributed by atoms with Crippen LogP contribution < -0.4 is 0 Å². The number of hydrogen-bond acceptors (Lipinski definition) is 5. The van der Waals surface area contributed by atoms with Crippen LogP contribution in [0, 0.1) is 5.92 Å². The number of aromatic nitrogens is 5. The molecule has 2 aliphatic heterocycles. The van der Waals surface area contributed by atoms with Gasteiger partial charge >= 0.3 is 0 Å². The molecule has 0 aliphatic carbocycles. The van der Waals surface area contributed by atoms with Gasteiger partial charge in [-0.1, -0.05) is 19.1 Å².